The number of amides is 1. The molecule has 0 radical (unpaired) electrons. The molecule has 0 saturated carbocycles. The van der Waals surface area contributed by atoms with Crippen molar-refractivity contribution in [1.29, 1.82) is 5.26 Å². The summed E-state index contributed by atoms with van der Waals surface area (Å²) in [5, 5.41) is 11.8. The van der Waals surface area contributed by atoms with Crippen LogP contribution in [-0.4, -0.2) is 5.91 Å². The van der Waals surface area contributed by atoms with Crippen LogP contribution in [0.15, 0.2) is 66.7 Å². The lowest BCUT2D eigenvalue weighted by atomic mass is 10.0. The second kappa shape index (κ2) is 9.28. The van der Waals surface area contributed by atoms with Crippen molar-refractivity contribution in [3.63, 3.8) is 0 Å². The van der Waals surface area contributed by atoms with Crippen molar-refractivity contribution in [3.8, 4) is 11.8 Å². The molecule has 1 amide bonds. The third-order valence-electron chi connectivity index (χ3n) is 5.42. The molecule has 0 aliphatic heterocycles. The fourth-order valence-corrected chi connectivity index (χ4v) is 3.84. The van der Waals surface area contributed by atoms with E-state index in [1.165, 1.54) is 17.5 Å². The molecule has 4 heteroatoms. The van der Waals surface area contributed by atoms with Crippen LogP contribution in [0.2, 0.25) is 0 Å². The number of nitrogens with zero attached hydrogens (tertiary/aromatic N) is 1. The minimum absolute atomic E-state index is 0.0266. The van der Waals surface area contributed by atoms with Crippen molar-refractivity contribution in [2.75, 3.05) is 5.32 Å². The Labute approximate surface area is 177 Å². The van der Waals surface area contributed by atoms with Gasteiger partial charge < -0.3 is 10.1 Å². The monoisotopic (exact) mass is 396 g/mol. The molecule has 0 heterocycles. The fraction of sp³-hybridized carbons (Fsp3) is 0.231. The molecule has 4 nitrogen and oxygen atoms in total. The Bertz CT molecular complexity index is 1080. The van der Waals surface area contributed by atoms with Gasteiger partial charge in [0.1, 0.15) is 12.4 Å². The average Bonchev–Trinajstić information content (AvgIpc) is 3.22. The zero-order valence-electron chi connectivity index (χ0n) is 16.9. The summed E-state index contributed by atoms with van der Waals surface area (Å²) in [5.41, 5.74) is 6.51. The number of aryl methyl sites for hydroxylation is 2. The van der Waals surface area contributed by atoms with Crippen molar-refractivity contribution in [3.05, 3.63) is 94.5 Å². The number of fused-ring (bicyclic) bond motifs is 1. The van der Waals surface area contributed by atoms with Crippen molar-refractivity contribution in [2.24, 2.45) is 0 Å². The molecule has 30 heavy (non-hydrogen) atoms. The maximum absolute atomic E-state index is 12.6. The standard InChI is InChI=1S/C26H24N2O2/c27-15-14-19-9-12-24(13-10-19)30-18-23-4-1-2-7-25(23)28-26(29)17-20-8-11-21-5-3-6-22(21)16-20/h1-2,4,7-13,16H,3,5-6,14,17-18H2,(H,28,29). The summed E-state index contributed by atoms with van der Waals surface area (Å²) >= 11 is 0. The van der Waals surface area contributed by atoms with Gasteiger partial charge in [0.25, 0.3) is 0 Å². The number of hydrogen-bond acceptors (Lipinski definition) is 3. The Morgan fingerprint density at radius 1 is 0.967 bits per heavy atom. The van der Waals surface area contributed by atoms with E-state index in [1.807, 2.05) is 48.5 Å². The number of anilines is 1. The van der Waals surface area contributed by atoms with Gasteiger partial charge in [0.2, 0.25) is 5.91 Å². The number of benzene rings is 3. The van der Waals surface area contributed by atoms with E-state index in [2.05, 4.69) is 29.6 Å². The highest BCUT2D eigenvalue weighted by atomic mass is 16.5. The summed E-state index contributed by atoms with van der Waals surface area (Å²) in [6, 6.07) is 23.7. The summed E-state index contributed by atoms with van der Waals surface area (Å²) in [5.74, 6) is 0.706. The maximum Gasteiger partial charge on any atom is 0.228 e. The van der Waals surface area contributed by atoms with Gasteiger partial charge in [-0.05, 0) is 59.7 Å². The van der Waals surface area contributed by atoms with Crippen LogP contribution in [0.5, 0.6) is 5.75 Å². The second-order valence-corrected chi connectivity index (χ2v) is 7.61. The number of para-hydroxylation sites is 1. The highest BCUT2D eigenvalue weighted by Gasteiger charge is 2.13. The van der Waals surface area contributed by atoms with Crippen LogP contribution in [0.25, 0.3) is 0 Å². The number of ether oxygens (including phenoxy) is 1. The molecule has 4 rings (SSSR count). The molecule has 3 aromatic carbocycles. The number of rotatable bonds is 7. The van der Waals surface area contributed by atoms with Gasteiger partial charge in [0, 0.05) is 11.3 Å². The quantitative estimate of drug-likeness (QED) is 0.611. The van der Waals surface area contributed by atoms with Crippen molar-refractivity contribution in [1.82, 2.24) is 0 Å². The van der Waals surface area contributed by atoms with E-state index < -0.39 is 0 Å². The molecule has 1 aliphatic carbocycles. The predicted molar refractivity (Wildman–Crippen MR) is 117 cm³/mol. The SMILES string of the molecule is N#CCc1ccc(OCc2ccccc2NC(=O)Cc2ccc3c(c2)CCC3)cc1. The van der Waals surface area contributed by atoms with E-state index in [0.29, 0.717) is 19.4 Å². The predicted octanol–water partition coefficient (Wildman–Crippen LogP) is 5.00. The van der Waals surface area contributed by atoms with E-state index in [0.717, 1.165) is 41.0 Å². The van der Waals surface area contributed by atoms with Crippen molar-refractivity contribution >= 4 is 11.6 Å². The maximum atomic E-state index is 12.6. The highest BCUT2D eigenvalue weighted by molar-refractivity contribution is 5.93. The van der Waals surface area contributed by atoms with Gasteiger partial charge in [0.05, 0.1) is 18.9 Å². The Kier molecular flexibility index (Phi) is 6.10. The lowest BCUT2D eigenvalue weighted by Crippen LogP contribution is -2.16. The minimum atomic E-state index is -0.0266. The van der Waals surface area contributed by atoms with E-state index >= 15 is 0 Å². The zero-order chi connectivity index (χ0) is 20.8. The third-order valence-corrected chi connectivity index (χ3v) is 5.42. The Hall–Kier alpha value is -3.58. The molecule has 0 unspecified atom stereocenters. The number of carbonyl (C=O) groups excluding carboxylic acids is 1. The van der Waals surface area contributed by atoms with Crippen LogP contribution >= 0.6 is 0 Å². The molecule has 0 fully saturated rings. The van der Waals surface area contributed by atoms with Crippen LogP contribution in [0, 0.1) is 11.3 Å². The van der Waals surface area contributed by atoms with Crippen LogP contribution in [0.1, 0.15) is 34.2 Å². The van der Waals surface area contributed by atoms with Crippen molar-refractivity contribution < 1.29 is 9.53 Å². The number of nitrogens with one attached hydrogen (secondary N) is 1. The Morgan fingerprint density at radius 2 is 1.73 bits per heavy atom. The van der Waals surface area contributed by atoms with E-state index in [-0.39, 0.29) is 5.91 Å². The van der Waals surface area contributed by atoms with Gasteiger partial charge in [-0.3, -0.25) is 4.79 Å². The first kappa shape index (κ1) is 19.7. The molecular formula is C26H24N2O2. The summed E-state index contributed by atoms with van der Waals surface area (Å²) < 4.78 is 5.88. The Morgan fingerprint density at radius 3 is 2.57 bits per heavy atom. The number of hydrogen-bond donors (Lipinski definition) is 1. The summed E-state index contributed by atoms with van der Waals surface area (Å²) in [7, 11) is 0. The van der Waals surface area contributed by atoms with E-state index in [4.69, 9.17) is 10.00 Å². The van der Waals surface area contributed by atoms with Crippen LogP contribution in [0.3, 0.4) is 0 Å². The first-order chi connectivity index (χ1) is 14.7. The average molecular weight is 396 g/mol. The lowest BCUT2D eigenvalue weighted by Gasteiger charge is -2.13. The summed E-state index contributed by atoms with van der Waals surface area (Å²) in [6.45, 7) is 0.354. The first-order valence-corrected chi connectivity index (χ1v) is 10.3. The Balaban J connectivity index is 1.38. The minimum Gasteiger partial charge on any atom is -0.489 e. The van der Waals surface area contributed by atoms with Crippen LogP contribution < -0.4 is 10.1 Å². The van der Waals surface area contributed by atoms with Gasteiger partial charge in [-0.25, -0.2) is 0 Å². The second-order valence-electron chi connectivity index (χ2n) is 7.61. The highest BCUT2D eigenvalue weighted by Crippen LogP contribution is 2.24. The number of nitriles is 1. The van der Waals surface area contributed by atoms with E-state index in [1.54, 1.807) is 0 Å². The van der Waals surface area contributed by atoms with Gasteiger partial charge in [-0.15, -0.1) is 0 Å². The topological polar surface area (TPSA) is 62.1 Å². The smallest absolute Gasteiger partial charge is 0.228 e. The molecule has 0 atom stereocenters. The third kappa shape index (κ3) is 4.87. The molecule has 3 aromatic rings. The molecule has 0 saturated heterocycles. The van der Waals surface area contributed by atoms with Crippen LogP contribution in [-0.2, 0) is 37.1 Å². The lowest BCUT2D eigenvalue weighted by molar-refractivity contribution is -0.115. The molecule has 1 N–H and O–H groups in total. The molecule has 0 aromatic heterocycles. The number of carbonyl (C=O) groups is 1. The zero-order valence-corrected chi connectivity index (χ0v) is 16.9. The van der Waals surface area contributed by atoms with Crippen molar-refractivity contribution in [2.45, 2.75) is 38.7 Å². The molecule has 0 spiro atoms. The van der Waals surface area contributed by atoms with E-state index in [9.17, 15) is 4.79 Å². The largest absolute Gasteiger partial charge is 0.489 e. The van der Waals surface area contributed by atoms with Gasteiger partial charge in [-0.1, -0.05) is 48.5 Å². The molecular weight excluding hydrogens is 372 g/mol. The van der Waals surface area contributed by atoms with Gasteiger partial charge >= 0.3 is 0 Å². The molecule has 150 valence electrons. The fourth-order valence-electron chi connectivity index (χ4n) is 3.84. The van der Waals surface area contributed by atoms with Gasteiger partial charge in [0.15, 0.2) is 0 Å². The molecule has 1 aliphatic rings. The normalized spacial score (nSPS) is 12.1. The first-order valence-electron chi connectivity index (χ1n) is 10.3. The summed E-state index contributed by atoms with van der Waals surface area (Å²) in [4.78, 5) is 12.6. The van der Waals surface area contributed by atoms with Gasteiger partial charge in [-0.2, -0.15) is 5.26 Å². The summed E-state index contributed by atoms with van der Waals surface area (Å²) in [6.07, 6.45) is 4.22. The van der Waals surface area contributed by atoms with Crippen LogP contribution in [0.4, 0.5) is 5.69 Å². The molecule has 0 bridgehead atoms.